The number of carboxylic acid groups (broad SMARTS) is 1. The number of β-lactam (4-membered cyclic amide) rings is 1. The quantitative estimate of drug-likeness (QED) is 0.0761. The second-order valence-corrected chi connectivity index (χ2v) is 12.5. The Morgan fingerprint density at radius 2 is 2.00 bits per heavy atom. The van der Waals surface area contributed by atoms with Crippen molar-refractivity contribution in [1.29, 1.82) is 0 Å². The van der Waals surface area contributed by atoms with E-state index in [1.807, 2.05) is 36.1 Å². The number of nitrogens with zero attached hydrogens (tertiary/aromatic N) is 4. The molecule has 5 rings (SSSR count). The van der Waals surface area contributed by atoms with E-state index in [2.05, 4.69) is 15.6 Å². The van der Waals surface area contributed by atoms with Gasteiger partial charge in [0.25, 0.3) is 11.8 Å². The molecule has 3 aromatic heterocycles. The number of carbonyl (C=O) groups excluding carboxylic acids is 3. The molecule has 0 radical (unpaired) electrons. The lowest BCUT2D eigenvalue weighted by Crippen LogP contribution is -2.71. The number of aromatic nitrogens is 3. The Labute approximate surface area is 255 Å². The fourth-order valence-corrected chi connectivity index (χ4v) is 7.34. The molecule has 15 nitrogen and oxygen atoms in total. The number of rotatable bonds is 9. The van der Waals surface area contributed by atoms with Crippen LogP contribution in [0.2, 0.25) is 0 Å². The minimum absolute atomic E-state index is 0.0267. The lowest BCUT2D eigenvalue weighted by Gasteiger charge is -2.49. The summed E-state index contributed by atoms with van der Waals surface area (Å²) in [6.45, 7) is 0. The van der Waals surface area contributed by atoms with Crippen molar-refractivity contribution in [2.45, 2.75) is 22.4 Å². The molecule has 224 valence electrons. The Morgan fingerprint density at radius 1 is 1.28 bits per heavy atom. The largest absolute Gasteiger partial charge is 0.503 e. The molecule has 0 aliphatic carbocycles. The first-order valence-corrected chi connectivity index (χ1v) is 15.3. The maximum atomic E-state index is 13.4. The predicted octanol–water partition coefficient (Wildman–Crippen LogP) is -0.344. The van der Waals surface area contributed by atoms with Crippen LogP contribution in [0.1, 0.15) is 22.2 Å². The van der Waals surface area contributed by atoms with Crippen LogP contribution in [0.3, 0.4) is 0 Å². The van der Waals surface area contributed by atoms with Crippen molar-refractivity contribution in [3.63, 3.8) is 0 Å². The van der Waals surface area contributed by atoms with Crippen molar-refractivity contribution < 1.29 is 39.2 Å². The summed E-state index contributed by atoms with van der Waals surface area (Å²) >= 11 is 3.73. The zero-order chi connectivity index (χ0) is 31.0. The zero-order valence-electron chi connectivity index (χ0n) is 22.2. The first kappa shape index (κ1) is 29.9. The number of amides is 3. The molecule has 1 saturated heterocycles. The number of hydrogen-bond donors (Lipinski definition) is 6. The number of aliphatic carboxylic acids is 1. The molecule has 0 bridgehead atoms. The summed E-state index contributed by atoms with van der Waals surface area (Å²) in [5.74, 6) is -3.96. The maximum Gasteiger partial charge on any atom is 0.352 e. The van der Waals surface area contributed by atoms with Crippen LogP contribution in [0.25, 0.3) is 0 Å². The van der Waals surface area contributed by atoms with Crippen LogP contribution in [0.4, 0.5) is 5.13 Å². The molecule has 43 heavy (non-hydrogen) atoms. The van der Waals surface area contributed by atoms with E-state index in [-0.39, 0.29) is 21.3 Å². The van der Waals surface area contributed by atoms with Gasteiger partial charge in [-0.05, 0) is 5.57 Å². The average Bonchev–Trinajstić information content (AvgIpc) is 3.40. The second kappa shape index (κ2) is 12.0. The monoisotopic (exact) mass is 646 g/mol. The fraction of sp³-hybridized carbons (Fsp3) is 0.240. The van der Waals surface area contributed by atoms with Crippen LogP contribution in [-0.2, 0) is 21.4 Å². The van der Waals surface area contributed by atoms with E-state index in [0.717, 1.165) is 21.1 Å². The standard InChI is InChI=1S/C25H23N7O8S3/c1-30-4-2-12(3-5-30)41-8-11-9-42-23-18(22(37)32(23)19(11)24(38)39)29-21(36)17(13-10-43-25(26)27-13)28-20(35)14-6-15(33)16(34)7-31(14)40/h2-7,10,17-18,23,40H,8-9H2,1H3,(H5-,26,27,28,29,34,35,36,38,39)/p+1/t17?,18-,23-/m1/s1. The number of thiazole rings is 1. The van der Waals surface area contributed by atoms with Crippen molar-refractivity contribution in [3.05, 3.63) is 75.1 Å². The number of nitrogens with one attached hydrogen (secondary N) is 2. The highest BCUT2D eigenvalue weighted by Crippen LogP contribution is 2.41. The van der Waals surface area contributed by atoms with Gasteiger partial charge in [-0.3, -0.25) is 24.1 Å². The van der Waals surface area contributed by atoms with Crippen LogP contribution in [-0.4, -0.2) is 76.6 Å². The van der Waals surface area contributed by atoms with Gasteiger partial charge in [0.05, 0.1) is 11.9 Å². The Morgan fingerprint density at radius 3 is 2.65 bits per heavy atom. The summed E-state index contributed by atoms with van der Waals surface area (Å²) in [4.78, 5) is 69.7. The lowest BCUT2D eigenvalue weighted by atomic mass is 10.0. The number of thioether (sulfide) groups is 2. The smallest absolute Gasteiger partial charge is 0.352 e. The Bertz CT molecular complexity index is 1720. The van der Waals surface area contributed by atoms with Crippen molar-refractivity contribution in [3.8, 4) is 5.75 Å². The topological polar surface area (TPSA) is 221 Å². The van der Waals surface area contributed by atoms with Gasteiger partial charge in [-0.25, -0.2) is 14.3 Å². The Balaban J connectivity index is 1.33. The third-order valence-corrected chi connectivity index (χ3v) is 9.66. The van der Waals surface area contributed by atoms with Crippen molar-refractivity contribution in [2.24, 2.45) is 7.05 Å². The van der Waals surface area contributed by atoms with Gasteiger partial charge in [0.2, 0.25) is 11.3 Å². The molecule has 3 atom stereocenters. The van der Waals surface area contributed by atoms with Crippen LogP contribution in [0, 0.1) is 0 Å². The van der Waals surface area contributed by atoms with Crippen molar-refractivity contribution in [2.75, 3.05) is 17.2 Å². The summed E-state index contributed by atoms with van der Waals surface area (Å²) in [5, 5.41) is 35.2. The third-order valence-electron chi connectivity index (χ3n) is 6.53. The molecule has 3 amide bonds. The van der Waals surface area contributed by atoms with E-state index in [1.54, 1.807) is 0 Å². The second-order valence-electron chi connectivity index (χ2n) is 9.41. The molecule has 0 saturated carbocycles. The van der Waals surface area contributed by atoms with Crippen molar-refractivity contribution in [1.82, 2.24) is 25.2 Å². The normalized spacial score (nSPS) is 18.4. The molecule has 2 aliphatic heterocycles. The highest BCUT2D eigenvalue weighted by molar-refractivity contribution is 8.01. The maximum absolute atomic E-state index is 13.4. The number of aryl methyl sites for hydroxylation is 1. The Kier molecular flexibility index (Phi) is 8.34. The number of hydrogen-bond acceptors (Lipinski definition) is 12. The van der Waals surface area contributed by atoms with Crippen LogP contribution < -0.4 is 26.4 Å². The van der Waals surface area contributed by atoms with Gasteiger partial charge in [-0.1, -0.05) is 0 Å². The highest BCUT2D eigenvalue weighted by atomic mass is 32.2. The molecule has 0 spiro atoms. The number of carboxylic acids is 1. The van der Waals surface area contributed by atoms with E-state index in [0.29, 0.717) is 29.3 Å². The summed E-state index contributed by atoms with van der Waals surface area (Å²) in [6.07, 6.45) is 4.36. The van der Waals surface area contributed by atoms with E-state index in [4.69, 9.17) is 5.73 Å². The van der Waals surface area contributed by atoms with E-state index < -0.39 is 58.0 Å². The molecule has 0 aromatic carbocycles. The number of nitrogens with two attached hydrogens (primary N) is 1. The number of nitrogen functional groups attached to an aromatic ring is 1. The van der Waals surface area contributed by atoms with Gasteiger partial charge < -0.3 is 31.8 Å². The van der Waals surface area contributed by atoms with Crippen LogP contribution in [0.5, 0.6) is 5.75 Å². The van der Waals surface area contributed by atoms with Crippen molar-refractivity contribution >= 4 is 63.7 Å². The van der Waals surface area contributed by atoms with Gasteiger partial charge in [0.1, 0.15) is 29.9 Å². The first-order valence-electron chi connectivity index (χ1n) is 12.4. The van der Waals surface area contributed by atoms with Gasteiger partial charge in [0.15, 0.2) is 29.3 Å². The van der Waals surface area contributed by atoms with E-state index >= 15 is 0 Å². The Hall–Kier alpha value is -4.55. The summed E-state index contributed by atoms with van der Waals surface area (Å²) in [5.41, 5.74) is 4.66. The summed E-state index contributed by atoms with van der Waals surface area (Å²) in [6, 6.07) is 1.87. The lowest BCUT2D eigenvalue weighted by molar-refractivity contribution is -0.671. The molecule has 1 fully saturated rings. The van der Waals surface area contributed by atoms with Crippen LogP contribution in [0.15, 0.2) is 63.1 Å². The molecule has 7 N–H and O–H groups in total. The summed E-state index contributed by atoms with van der Waals surface area (Å²) < 4.78 is 2.09. The number of fused-ring (bicyclic) bond motifs is 1. The number of carbonyl (C=O) groups is 4. The van der Waals surface area contributed by atoms with E-state index in [1.165, 1.54) is 28.9 Å². The molecule has 2 aliphatic rings. The third kappa shape index (κ3) is 6.02. The fourth-order valence-electron chi connectivity index (χ4n) is 4.38. The average molecular weight is 647 g/mol. The van der Waals surface area contributed by atoms with Gasteiger partial charge >= 0.3 is 5.97 Å². The van der Waals surface area contributed by atoms with E-state index in [9.17, 15) is 39.4 Å². The number of pyridine rings is 2. The van der Waals surface area contributed by atoms with Gasteiger partial charge in [-0.2, -0.15) is 4.73 Å². The molecular formula is C25H24N7O8S3+. The van der Waals surface area contributed by atoms with Crippen LogP contribution >= 0.6 is 34.9 Å². The van der Waals surface area contributed by atoms with Gasteiger partial charge in [0, 0.05) is 40.0 Å². The molecule has 3 aromatic rings. The molecule has 5 heterocycles. The SMILES string of the molecule is C[n+]1ccc(SCC2=C(C(=O)O)N3C(=O)[C@@H](NC(=O)C(NC(=O)c4cc(=O)c(O)cn4O)c4csc(N)n4)[C@H]3SC2)cc1. The number of aromatic hydroxyl groups is 1. The predicted molar refractivity (Wildman–Crippen MR) is 154 cm³/mol. The highest BCUT2D eigenvalue weighted by Gasteiger charge is 2.54. The summed E-state index contributed by atoms with van der Waals surface area (Å²) in [7, 11) is 1.88. The number of anilines is 1. The molecule has 18 heteroatoms. The minimum atomic E-state index is -1.51. The molecular weight excluding hydrogens is 623 g/mol. The first-order chi connectivity index (χ1) is 20.4. The minimum Gasteiger partial charge on any atom is -0.503 e. The molecule has 1 unspecified atom stereocenters. The zero-order valence-corrected chi connectivity index (χ0v) is 24.6. The van der Waals surface area contributed by atoms with Gasteiger partial charge in [-0.15, -0.1) is 34.9 Å².